The highest BCUT2D eigenvalue weighted by Crippen LogP contribution is 2.29. The van der Waals surface area contributed by atoms with Gasteiger partial charge >= 0.3 is 0 Å². The number of rotatable bonds is 5. The normalized spacial score (nSPS) is 13.7. The first kappa shape index (κ1) is 21.7. The van der Waals surface area contributed by atoms with Crippen molar-refractivity contribution < 1.29 is 14.3 Å². The molecule has 1 amide bonds. The number of anilines is 1. The van der Waals surface area contributed by atoms with Crippen LogP contribution in [0, 0.1) is 0 Å². The summed E-state index contributed by atoms with van der Waals surface area (Å²) in [6.07, 6.45) is 0. The van der Waals surface area contributed by atoms with Gasteiger partial charge in [-0.15, -0.1) is 10.2 Å². The zero-order chi connectivity index (χ0) is 23.5. The Labute approximate surface area is 198 Å². The van der Waals surface area contributed by atoms with E-state index in [0.29, 0.717) is 43.2 Å². The van der Waals surface area contributed by atoms with Gasteiger partial charge in [-0.2, -0.15) is 0 Å². The van der Waals surface area contributed by atoms with Gasteiger partial charge in [-0.25, -0.2) is 0 Å². The Kier molecular flexibility index (Phi) is 5.99. The number of hydrogen-bond donors (Lipinski definition) is 0. The molecule has 0 atom stereocenters. The minimum absolute atomic E-state index is 0.0157. The number of amides is 1. The Balaban J connectivity index is 1.26. The summed E-state index contributed by atoms with van der Waals surface area (Å²) in [4.78, 5) is 17.0. The van der Waals surface area contributed by atoms with E-state index < -0.39 is 0 Å². The monoisotopic (exact) mass is 454 g/mol. The Bertz CT molecular complexity index is 1310. The molecule has 1 saturated heterocycles. The summed E-state index contributed by atoms with van der Waals surface area (Å²) >= 11 is 0. The van der Waals surface area contributed by atoms with Crippen LogP contribution in [0.5, 0.6) is 11.5 Å². The number of carbonyl (C=O) groups is 1. The highest BCUT2D eigenvalue weighted by atomic mass is 16.5. The lowest BCUT2D eigenvalue weighted by Gasteiger charge is -2.35. The van der Waals surface area contributed by atoms with Gasteiger partial charge in [-0.3, -0.25) is 4.79 Å². The molecule has 1 fully saturated rings. The van der Waals surface area contributed by atoms with Crippen LogP contribution in [-0.2, 0) is 0 Å². The molecular weight excluding hydrogens is 428 g/mol. The molecule has 0 spiro atoms. The van der Waals surface area contributed by atoms with Gasteiger partial charge in [0.2, 0.25) is 0 Å². The van der Waals surface area contributed by atoms with Gasteiger partial charge in [0, 0.05) is 37.3 Å². The van der Waals surface area contributed by atoms with E-state index in [-0.39, 0.29) is 5.91 Å². The molecule has 4 aromatic rings. The number of benzene rings is 3. The number of fused-ring (bicyclic) bond motifs is 1. The van der Waals surface area contributed by atoms with Crippen molar-refractivity contribution >= 4 is 22.5 Å². The quantitative estimate of drug-likeness (QED) is 0.449. The van der Waals surface area contributed by atoms with Gasteiger partial charge in [0.05, 0.1) is 19.9 Å². The van der Waals surface area contributed by atoms with E-state index in [4.69, 9.17) is 9.47 Å². The molecule has 7 heteroatoms. The Morgan fingerprint density at radius 1 is 0.794 bits per heavy atom. The molecule has 3 aromatic carbocycles. The standard InChI is InChI=1S/C27H26N4O3/c1-33-24-12-10-20(18-25(24)34-2)27(32)31-16-14-30(15-17-31)26-13-11-23(28-29-26)22-9-5-7-19-6-3-4-8-21(19)22/h3-13,18H,14-17H2,1-2H3. The van der Waals surface area contributed by atoms with E-state index >= 15 is 0 Å². The van der Waals surface area contributed by atoms with Crippen LogP contribution in [0.15, 0.2) is 72.8 Å². The second-order valence-corrected chi connectivity index (χ2v) is 8.15. The lowest BCUT2D eigenvalue weighted by atomic mass is 10.0. The van der Waals surface area contributed by atoms with E-state index in [1.54, 1.807) is 32.4 Å². The lowest BCUT2D eigenvalue weighted by Crippen LogP contribution is -2.49. The number of nitrogens with zero attached hydrogens (tertiary/aromatic N) is 4. The first-order valence-corrected chi connectivity index (χ1v) is 11.3. The fourth-order valence-electron chi connectivity index (χ4n) is 4.38. The van der Waals surface area contributed by atoms with Crippen molar-refractivity contribution in [2.24, 2.45) is 0 Å². The van der Waals surface area contributed by atoms with Crippen molar-refractivity contribution in [3.8, 4) is 22.8 Å². The van der Waals surface area contributed by atoms with Crippen LogP contribution in [0.25, 0.3) is 22.0 Å². The van der Waals surface area contributed by atoms with Gasteiger partial charge in [0.1, 0.15) is 0 Å². The number of piperazine rings is 1. The van der Waals surface area contributed by atoms with Crippen LogP contribution >= 0.6 is 0 Å². The zero-order valence-electron chi connectivity index (χ0n) is 19.3. The average molecular weight is 455 g/mol. The van der Waals surface area contributed by atoms with Crippen LogP contribution in [0.1, 0.15) is 10.4 Å². The van der Waals surface area contributed by atoms with Crippen molar-refractivity contribution in [1.29, 1.82) is 0 Å². The second kappa shape index (κ2) is 9.39. The molecule has 34 heavy (non-hydrogen) atoms. The summed E-state index contributed by atoms with van der Waals surface area (Å²) in [7, 11) is 3.15. The van der Waals surface area contributed by atoms with Gasteiger partial charge < -0.3 is 19.3 Å². The molecule has 1 aliphatic heterocycles. The molecule has 1 aliphatic rings. The Morgan fingerprint density at radius 3 is 2.29 bits per heavy atom. The zero-order valence-corrected chi connectivity index (χ0v) is 19.3. The first-order chi connectivity index (χ1) is 16.7. The van der Waals surface area contributed by atoms with Crippen LogP contribution in [0.3, 0.4) is 0 Å². The third-order valence-corrected chi connectivity index (χ3v) is 6.24. The molecule has 172 valence electrons. The summed E-state index contributed by atoms with van der Waals surface area (Å²) in [6, 6.07) is 23.8. The van der Waals surface area contributed by atoms with Crippen molar-refractivity contribution in [3.63, 3.8) is 0 Å². The van der Waals surface area contributed by atoms with E-state index in [0.717, 1.165) is 22.5 Å². The summed E-state index contributed by atoms with van der Waals surface area (Å²) in [5.74, 6) is 1.96. The van der Waals surface area contributed by atoms with Crippen LogP contribution in [0.2, 0.25) is 0 Å². The first-order valence-electron chi connectivity index (χ1n) is 11.3. The fraction of sp³-hybridized carbons (Fsp3) is 0.222. The maximum absolute atomic E-state index is 13.0. The minimum atomic E-state index is -0.0157. The van der Waals surface area contributed by atoms with Gasteiger partial charge in [-0.05, 0) is 41.1 Å². The van der Waals surface area contributed by atoms with E-state index in [1.165, 1.54) is 5.39 Å². The molecule has 1 aromatic heterocycles. The molecule has 2 heterocycles. The lowest BCUT2D eigenvalue weighted by molar-refractivity contribution is 0.0746. The van der Waals surface area contributed by atoms with Crippen LogP contribution < -0.4 is 14.4 Å². The molecule has 0 aliphatic carbocycles. The second-order valence-electron chi connectivity index (χ2n) is 8.15. The Hall–Kier alpha value is -4.13. The van der Waals surface area contributed by atoms with Crippen molar-refractivity contribution in [3.05, 3.63) is 78.4 Å². The maximum atomic E-state index is 13.0. The minimum Gasteiger partial charge on any atom is -0.493 e. The van der Waals surface area contributed by atoms with Gasteiger partial charge in [0.25, 0.3) is 5.91 Å². The van der Waals surface area contributed by atoms with Crippen LogP contribution in [0.4, 0.5) is 5.82 Å². The van der Waals surface area contributed by atoms with E-state index in [2.05, 4.69) is 39.4 Å². The molecule has 0 unspecified atom stereocenters. The molecular formula is C27H26N4O3. The van der Waals surface area contributed by atoms with Gasteiger partial charge in [0.15, 0.2) is 17.3 Å². The molecule has 5 rings (SSSR count). The summed E-state index contributed by atoms with van der Waals surface area (Å²) in [5.41, 5.74) is 2.51. The number of ether oxygens (including phenoxy) is 2. The maximum Gasteiger partial charge on any atom is 0.254 e. The van der Waals surface area contributed by atoms with Crippen LogP contribution in [-0.4, -0.2) is 61.4 Å². The van der Waals surface area contributed by atoms with Crippen molar-refractivity contribution in [2.75, 3.05) is 45.3 Å². The summed E-state index contributed by atoms with van der Waals surface area (Å²) in [5, 5.41) is 11.4. The SMILES string of the molecule is COc1ccc(C(=O)N2CCN(c3ccc(-c4cccc5ccccc45)nn3)CC2)cc1OC. The molecule has 7 nitrogen and oxygen atoms in total. The number of hydrogen-bond acceptors (Lipinski definition) is 6. The third kappa shape index (κ3) is 4.12. The van der Waals surface area contributed by atoms with E-state index in [9.17, 15) is 4.79 Å². The van der Waals surface area contributed by atoms with Crippen molar-refractivity contribution in [2.45, 2.75) is 0 Å². The number of methoxy groups -OCH3 is 2. The summed E-state index contributed by atoms with van der Waals surface area (Å²) < 4.78 is 10.6. The summed E-state index contributed by atoms with van der Waals surface area (Å²) in [6.45, 7) is 2.61. The molecule has 0 bridgehead atoms. The Morgan fingerprint density at radius 2 is 1.56 bits per heavy atom. The molecule has 0 saturated carbocycles. The number of aromatic nitrogens is 2. The van der Waals surface area contributed by atoms with Crippen molar-refractivity contribution in [1.82, 2.24) is 15.1 Å². The largest absolute Gasteiger partial charge is 0.493 e. The highest BCUT2D eigenvalue weighted by molar-refractivity contribution is 5.96. The molecule has 0 N–H and O–H groups in total. The highest BCUT2D eigenvalue weighted by Gasteiger charge is 2.24. The predicted octanol–water partition coefficient (Wildman–Crippen LogP) is 4.28. The fourth-order valence-corrected chi connectivity index (χ4v) is 4.38. The number of carbonyl (C=O) groups excluding carboxylic acids is 1. The predicted molar refractivity (Wildman–Crippen MR) is 133 cm³/mol. The third-order valence-electron chi connectivity index (χ3n) is 6.24. The average Bonchev–Trinajstić information content (AvgIpc) is 2.92. The molecule has 0 radical (unpaired) electrons. The topological polar surface area (TPSA) is 67.8 Å². The van der Waals surface area contributed by atoms with E-state index in [1.807, 2.05) is 35.2 Å². The smallest absolute Gasteiger partial charge is 0.254 e. The van der Waals surface area contributed by atoms with Gasteiger partial charge in [-0.1, -0.05) is 42.5 Å².